The Kier molecular flexibility index (Phi) is 8.23. The van der Waals surface area contributed by atoms with Crippen LogP contribution in [0, 0.1) is 0 Å². The summed E-state index contributed by atoms with van der Waals surface area (Å²) in [5.74, 6) is 1.58. The second-order valence-corrected chi connectivity index (χ2v) is 8.55. The number of carbonyl (C=O) groups excluding carboxylic acids is 1. The molecule has 5 rings (SSSR count). The third-order valence-electron chi connectivity index (χ3n) is 6.30. The lowest BCUT2D eigenvalue weighted by atomic mass is 9.96. The lowest BCUT2D eigenvalue weighted by Gasteiger charge is -2.37. The normalized spacial score (nSPS) is 20.5. The third kappa shape index (κ3) is 4.96. The summed E-state index contributed by atoms with van der Waals surface area (Å²) in [5.41, 5.74) is 1.31. The van der Waals surface area contributed by atoms with Gasteiger partial charge in [0.25, 0.3) is 0 Å². The molecule has 2 fully saturated rings. The van der Waals surface area contributed by atoms with Crippen molar-refractivity contribution in [3.05, 3.63) is 71.4 Å². The number of nitrogens with zero attached hydrogens (tertiary/aromatic N) is 3. The van der Waals surface area contributed by atoms with Crippen LogP contribution in [0.2, 0.25) is 5.02 Å². The number of piperazine rings is 1. The molecule has 5 nitrogen and oxygen atoms in total. The Labute approximate surface area is 206 Å². The molecule has 32 heavy (non-hydrogen) atoms. The van der Waals surface area contributed by atoms with E-state index in [9.17, 15) is 4.79 Å². The molecule has 0 aliphatic carbocycles. The van der Waals surface area contributed by atoms with Gasteiger partial charge in [-0.2, -0.15) is 0 Å². The monoisotopic (exact) mass is 492 g/mol. The predicted octanol–water partition coefficient (Wildman–Crippen LogP) is 4.53. The number of fused-ring (bicyclic) bond motifs is 1. The highest BCUT2D eigenvalue weighted by Crippen LogP contribution is 2.29. The molecule has 8 heteroatoms. The Morgan fingerprint density at radius 2 is 1.75 bits per heavy atom. The van der Waals surface area contributed by atoms with Gasteiger partial charge in [0, 0.05) is 49.3 Å². The number of amides is 1. The Morgan fingerprint density at radius 1 is 1.00 bits per heavy atom. The predicted molar refractivity (Wildman–Crippen MR) is 136 cm³/mol. The van der Waals surface area contributed by atoms with E-state index in [4.69, 9.17) is 11.6 Å². The van der Waals surface area contributed by atoms with Crippen LogP contribution in [0.3, 0.4) is 0 Å². The van der Waals surface area contributed by atoms with Crippen LogP contribution >= 0.6 is 36.4 Å². The van der Waals surface area contributed by atoms with E-state index in [0.29, 0.717) is 24.0 Å². The van der Waals surface area contributed by atoms with Crippen LogP contribution in [0.1, 0.15) is 17.9 Å². The van der Waals surface area contributed by atoms with Gasteiger partial charge in [-0.25, -0.2) is 4.98 Å². The maximum atomic E-state index is 13.1. The van der Waals surface area contributed by atoms with E-state index in [1.165, 1.54) is 5.56 Å². The topological polar surface area (TPSA) is 48.5 Å². The smallest absolute Gasteiger partial charge is 0.239 e. The Morgan fingerprint density at radius 3 is 2.50 bits per heavy atom. The SMILES string of the molecule is Cl.Cl.O=C([C@H]1C[C@@H](c2ccccc2)CN1)N1CCN(c2nccc3ccc(Cl)cc23)CC1. The molecule has 3 heterocycles. The van der Waals surface area contributed by atoms with E-state index >= 15 is 0 Å². The lowest BCUT2D eigenvalue weighted by molar-refractivity contribution is -0.133. The molecule has 0 unspecified atom stereocenters. The highest BCUT2D eigenvalue weighted by molar-refractivity contribution is 6.31. The maximum Gasteiger partial charge on any atom is 0.239 e. The summed E-state index contributed by atoms with van der Waals surface area (Å²) in [7, 11) is 0. The zero-order valence-corrected chi connectivity index (χ0v) is 20.0. The number of benzene rings is 2. The summed E-state index contributed by atoms with van der Waals surface area (Å²) in [6.45, 7) is 3.84. The summed E-state index contributed by atoms with van der Waals surface area (Å²) in [6.07, 6.45) is 2.71. The molecule has 170 valence electrons. The summed E-state index contributed by atoms with van der Waals surface area (Å²) >= 11 is 6.22. The van der Waals surface area contributed by atoms with Gasteiger partial charge >= 0.3 is 0 Å². The average molecular weight is 494 g/mol. The van der Waals surface area contributed by atoms with Gasteiger partial charge < -0.3 is 15.1 Å². The first-order valence-electron chi connectivity index (χ1n) is 10.6. The molecular formula is C24H27Cl3N4O. The summed E-state index contributed by atoms with van der Waals surface area (Å²) < 4.78 is 0. The largest absolute Gasteiger partial charge is 0.353 e. The van der Waals surface area contributed by atoms with Gasteiger partial charge in [0.1, 0.15) is 5.82 Å². The lowest BCUT2D eigenvalue weighted by Crippen LogP contribution is -2.53. The van der Waals surface area contributed by atoms with Crippen molar-refractivity contribution in [3.8, 4) is 0 Å². The van der Waals surface area contributed by atoms with E-state index in [0.717, 1.165) is 42.6 Å². The quantitative estimate of drug-likeness (QED) is 0.582. The Balaban J connectivity index is 0.00000144. The van der Waals surface area contributed by atoms with Gasteiger partial charge in [-0.1, -0.05) is 48.0 Å². The van der Waals surface area contributed by atoms with Crippen molar-refractivity contribution in [2.75, 3.05) is 37.6 Å². The van der Waals surface area contributed by atoms with Gasteiger partial charge in [0.2, 0.25) is 5.91 Å². The second kappa shape index (κ2) is 10.7. The Hall–Kier alpha value is -2.05. The third-order valence-corrected chi connectivity index (χ3v) is 6.53. The molecule has 0 radical (unpaired) electrons. The van der Waals surface area contributed by atoms with Crippen LogP contribution < -0.4 is 10.2 Å². The van der Waals surface area contributed by atoms with Crippen LogP contribution in [0.15, 0.2) is 60.8 Å². The zero-order chi connectivity index (χ0) is 20.5. The van der Waals surface area contributed by atoms with E-state index < -0.39 is 0 Å². The molecule has 2 saturated heterocycles. The molecule has 1 amide bonds. The number of hydrogen-bond donors (Lipinski definition) is 1. The number of halogens is 3. The number of rotatable bonds is 3. The van der Waals surface area contributed by atoms with Gasteiger partial charge in [-0.3, -0.25) is 4.79 Å². The van der Waals surface area contributed by atoms with Crippen molar-refractivity contribution in [3.63, 3.8) is 0 Å². The number of aromatic nitrogens is 1. The van der Waals surface area contributed by atoms with Crippen molar-refractivity contribution < 1.29 is 4.79 Å². The number of pyridine rings is 1. The number of anilines is 1. The van der Waals surface area contributed by atoms with E-state index in [2.05, 4.69) is 39.5 Å². The number of carbonyl (C=O) groups is 1. The standard InChI is InChI=1S/C24H25ClN4O.2ClH/c25-20-7-6-18-8-9-26-23(21(18)15-20)28-10-12-29(13-11-28)24(30)22-14-19(16-27-22)17-4-2-1-3-5-17;;/h1-9,15,19,22,27H,10-14,16H2;2*1H/t19-,22-;;/m1../s1. The van der Waals surface area contributed by atoms with Crippen LogP contribution in [0.5, 0.6) is 0 Å². The molecule has 2 atom stereocenters. The molecule has 1 N–H and O–H groups in total. The number of hydrogen-bond acceptors (Lipinski definition) is 4. The highest BCUT2D eigenvalue weighted by atomic mass is 35.5. The fourth-order valence-corrected chi connectivity index (χ4v) is 4.81. The van der Waals surface area contributed by atoms with Gasteiger partial charge in [-0.15, -0.1) is 24.8 Å². The molecule has 0 bridgehead atoms. The molecule has 1 aromatic heterocycles. The fraction of sp³-hybridized carbons (Fsp3) is 0.333. The molecular weight excluding hydrogens is 467 g/mol. The van der Waals surface area contributed by atoms with Crippen molar-refractivity contribution in [2.45, 2.75) is 18.4 Å². The van der Waals surface area contributed by atoms with E-state index in [1.54, 1.807) is 0 Å². The number of nitrogens with one attached hydrogen (secondary N) is 1. The minimum absolute atomic E-state index is 0. The van der Waals surface area contributed by atoms with Crippen LogP contribution in [0.4, 0.5) is 5.82 Å². The minimum Gasteiger partial charge on any atom is -0.353 e. The molecule has 2 aliphatic rings. The van der Waals surface area contributed by atoms with Crippen LogP contribution in [-0.2, 0) is 4.79 Å². The summed E-state index contributed by atoms with van der Waals surface area (Å²) in [6, 6.07) is 18.3. The first-order chi connectivity index (χ1) is 14.7. The maximum absolute atomic E-state index is 13.1. The van der Waals surface area contributed by atoms with E-state index in [-0.39, 0.29) is 36.8 Å². The molecule has 0 spiro atoms. The fourth-order valence-electron chi connectivity index (χ4n) is 4.64. The molecule has 0 saturated carbocycles. The zero-order valence-electron chi connectivity index (χ0n) is 17.6. The minimum atomic E-state index is -0.0868. The van der Waals surface area contributed by atoms with Crippen molar-refractivity contribution in [1.29, 1.82) is 0 Å². The van der Waals surface area contributed by atoms with Crippen molar-refractivity contribution in [1.82, 2.24) is 15.2 Å². The Bertz CT molecular complexity index is 1060. The first-order valence-corrected chi connectivity index (χ1v) is 10.9. The van der Waals surface area contributed by atoms with Crippen LogP contribution in [-0.4, -0.2) is 54.6 Å². The van der Waals surface area contributed by atoms with Crippen molar-refractivity contribution in [2.24, 2.45) is 0 Å². The van der Waals surface area contributed by atoms with Gasteiger partial charge in [0.15, 0.2) is 0 Å². The highest BCUT2D eigenvalue weighted by Gasteiger charge is 2.34. The van der Waals surface area contributed by atoms with Crippen molar-refractivity contribution >= 4 is 58.9 Å². The molecule has 2 aliphatic heterocycles. The van der Waals surface area contributed by atoms with Gasteiger partial charge in [0.05, 0.1) is 6.04 Å². The summed E-state index contributed by atoms with van der Waals surface area (Å²) in [4.78, 5) is 22.0. The van der Waals surface area contributed by atoms with E-state index in [1.807, 2.05) is 41.4 Å². The average Bonchev–Trinajstić information content (AvgIpc) is 3.29. The molecule has 2 aromatic carbocycles. The van der Waals surface area contributed by atoms with Gasteiger partial charge in [-0.05, 0) is 41.5 Å². The first kappa shape index (κ1) is 24.6. The summed E-state index contributed by atoms with van der Waals surface area (Å²) in [5, 5.41) is 6.35. The molecule has 3 aromatic rings. The van der Waals surface area contributed by atoms with Crippen LogP contribution in [0.25, 0.3) is 10.8 Å². The second-order valence-electron chi connectivity index (χ2n) is 8.12.